The van der Waals surface area contributed by atoms with Crippen molar-refractivity contribution in [3.63, 3.8) is 0 Å². The second kappa shape index (κ2) is 5.05. The first kappa shape index (κ1) is 12.2. The number of rotatable bonds is 2. The van der Waals surface area contributed by atoms with Crippen LogP contribution in [0.3, 0.4) is 0 Å². The zero-order valence-corrected chi connectivity index (χ0v) is 11.5. The number of aromatic nitrogens is 3. The molecule has 1 aliphatic carbocycles. The van der Waals surface area contributed by atoms with E-state index in [1.54, 1.807) is 6.20 Å². The van der Waals surface area contributed by atoms with Crippen molar-refractivity contribution in [1.82, 2.24) is 15.0 Å². The van der Waals surface area contributed by atoms with Gasteiger partial charge >= 0.3 is 0 Å². The number of anilines is 1. The third-order valence-electron chi connectivity index (χ3n) is 3.18. The van der Waals surface area contributed by atoms with E-state index in [1.807, 2.05) is 6.92 Å². The summed E-state index contributed by atoms with van der Waals surface area (Å²) in [5.74, 6) is -0.185. The molecular formula is C13H14N4OS. The fourth-order valence-electron chi connectivity index (χ4n) is 2.29. The fourth-order valence-corrected chi connectivity index (χ4v) is 2.95. The Kier molecular flexibility index (Phi) is 3.25. The Morgan fingerprint density at radius 1 is 1.26 bits per heavy atom. The van der Waals surface area contributed by atoms with Gasteiger partial charge in [0.25, 0.3) is 5.91 Å². The molecule has 0 atom stereocenters. The number of nitrogens with one attached hydrogen (secondary N) is 1. The lowest BCUT2D eigenvalue weighted by Gasteiger charge is -2.16. The van der Waals surface area contributed by atoms with Gasteiger partial charge in [0.05, 0.1) is 0 Å². The number of carbonyl (C=O) groups is 1. The maximum absolute atomic E-state index is 12.3. The number of amides is 1. The zero-order valence-electron chi connectivity index (χ0n) is 10.6. The minimum atomic E-state index is -0.185. The van der Waals surface area contributed by atoms with Crippen LogP contribution in [0, 0.1) is 6.92 Å². The third-order valence-corrected chi connectivity index (χ3v) is 4.01. The molecule has 0 saturated heterocycles. The molecule has 6 heteroatoms. The van der Waals surface area contributed by atoms with Crippen LogP contribution in [0.15, 0.2) is 12.5 Å². The highest BCUT2D eigenvalue weighted by Crippen LogP contribution is 2.23. The molecule has 2 aromatic heterocycles. The lowest BCUT2D eigenvalue weighted by molar-refractivity contribution is 0.102. The van der Waals surface area contributed by atoms with Gasteiger partial charge in [-0.15, -0.1) is 11.3 Å². The topological polar surface area (TPSA) is 67.8 Å². The van der Waals surface area contributed by atoms with Crippen molar-refractivity contribution >= 4 is 22.4 Å². The van der Waals surface area contributed by atoms with Crippen LogP contribution >= 0.6 is 11.3 Å². The van der Waals surface area contributed by atoms with Crippen molar-refractivity contribution in [2.24, 2.45) is 0 Å². The second-order valence-electron chi connectivity index (χ2n) is 4.58. The molecule has 2 heterocycles. The molecule has 1 aliphatic rings. The summed E-state index contributed by atoms with van der Waals surface area (Å²) >= 11 is 1.46. The van der Waals surface area contributed by atoms with Crippen LogP contribution in [-0.2, 0) is 12.8 Å². The molecule has 1 amide bonds. The van der Waals surface area contributed by atoms with Gasteiger partial charge in [0, 0.05) is 22.3 Å². The molecular weight excluding hydrogens is 260 g/mol. The average Bonchev–Trinajstić information content (AvgIpc) is 2.83. The van der Waals surface area contributed by atoms with Crippen LogP contribution in [-0.4, -0.2) is 20.9 Å². The van der Waals surface area contributed by atoms with Crippen LogP contribution in [0.4, 0.5) is 5.13 Å². The summed E-state index contributed by atoms with van der Waals surface area (Å²) in [7, 11) is 0. The summed E-state index contributed by atoms with van der Waals surface area (Å²) in [5, 5.41) is 3.42. The van der Waals surface area contributed by atoms with Gasteiger partial charge in [-0.3, -0.25) is 10.1 Å². The predicted octanol–water partition coefficient (Wildman–Crippen LogP) is 2.37. The Morgan fingerprint density at radius 3 is 2.89 bits per heavy atom. The van der Waals surface area contributed by atoms with Crippen molar-refractivity contribution < 1.29 is 4.79 Å². The molecule has 98 valence electrons. The largest absolute Gasteiger partial charge is 0.296 e. The maximum Gasteiger partial charge on any atom is 0.276 e. The first-order chi connectivity index (χ1) is 9.24. The molecule has 0 fully saturated rings. The van der Waals surface area contributed by atoms with Crippen LogP contribution in [0.25, 0.3) is 0 Å². The quantitative estimate of drug-likeness (QED) is 0.913. The average molecular weight is 274 g/mol. The Labute approximate surface area is 115 Å². The minimum absolute atomic E-state index is 0.185. The van der Waals surface area contributed by atoms with E-state index >= 15 is 0 Å². The van der Waals surface area contributed by atoms with Gasteiger partial charge in [-0.2, -0.15) is 0 Å². The van der Waals surface area contributed by atoms with Gasteiger partial charge in [-0.25, -0.2) is 15.0 Å². The van der Waals surface area contributed by atoms with Crippen molar-refractivity contribution in [3.05, 3.63) is 34.4 Å². The van der Waals surface area contributed by atoms with E-state index in [4.69, 9.17) is 0 Å². The molecule has 1 N–H and O–H groups in total. The standard InChI is InChI=1S/C13H14N4OS/c1-8-6-14-13(19-8)17-12(18)11-9-4-2-3-5-10(9)15-7-16-11/h6-7H,2-5H2,1H3,(H,14,17,18). The van der Waals surface area contributed by atoms with Gasteiger partial charge in [0.2, 0.25) is 0 Å². The number of nitrogens with zero attached hydrogens (tertiary/aromatic N) is 3. The Balaban J connectivity index is 1.87. The highest BCUT2D eigenvalue weighted by atomic mass is 32.1. The smallest absolute Gasteiger partial charge is 0.276 e. The van der Waals surface area contributed by atoms with E-state index in [0.29, 0.717) is 10.8 Å². The summed E-state index contributed by atoms with van der Waals surface area (Å²) < 4.78 is 0. The number of hydrogen-bond acceptors (Lipinski definition) is 5. The summed E-state index contributed by atoms with van der Waals surface area (Å²) in [6.45, 7) is 1.96. The SMILES string of the molecule is Cc1cnc(NC(=O)c2ncnc3c2CCCC3)s1. The van der Waals surface area contributed by atoms with Gasteiger partial charge in [0.15, 0.2) is 5.13 Å². The molecule has 0 spiro atoms. The Bertz CT molecular complexity index is 623. The van der Waals surface area contributed by atoms with E-state index < -0.39 is 0 Å². The molecule has 19 heavy (non-hydrogen) atoms. The molecule has 0 aliphatic heterocycles. The van der Waals surface area contributed by atoms with Gasteiger partial charge in [-0.05, 0) is 32.6 Å². The van der Waals surface area contributed by atoms with E-state index in [1.165, 1.54) is 17.7 Å². The lowest BCUT2D eigenvalue weighted by Crippen LogP contribution is -2.19. The molecule has 0 bridgehead atoms. The van der Waals surface area contributed by atoms with Crippen molar-refractivity contribution in [3.8, 4) is 0 Å². The van der Waals surface area contributed by atoms with Crippen molar-refractivity contribution in [2.75, 3.05) is 5.32 Å². The monoisotopic (exact) mass is 274 g/mol. The highest BCUT2D eigenvalue weighted by Gasteiger charge is 2.20. The Morgan fingerprint density at radius 2 is 2.11 bits per heavy atom. The first-order valence-electron chi connectivity index (χ1n) is 6.30. The first-order valence-corrected chi connectivity index (χ1v) is 7.12. The fraction of sp³-hybridized carbons (Fsp3) is 0.385. The molecule has 2 aromatic rings. The highest BCUT2D eigenvalue weighted by molar-refractivity contribution is 7.15. The number of carbonyl (C=O) groups excluding carboxylic acids is 1. The molecule has 0 radical (unpaired) electrons. The van der Waals surface area contributed by atoms with Gasteiger partial charge < -0.3 is 0 Å². The zero-order chi connectivity index (χ0) is 13.2. The predicted molar refractivity (Wildman–Crippen MR) is 73.5 cm³/mol. The van der Waals surface area contributed by atoms with E-state index in [9.17, 15) is 4.79 Å². The number of thiazole rings is 1. The van der Waals surface area contributed by atoms with Gasteiger partial charge in [-0.1, -0.05) is 0 Å². The molecule has 0 unspecified atom stereocenters. The summed E-state index contributed by atoms with van der Waals surface area (Å²) in [6, 6.07) is 0. The van der Waals surface area contributed by atoms with Crippen LogP contribution in [0.1, 0.15) is 39.5 Å². The molecule has 3 rings (SSSR count). The van der Waals surface area contributed by atoms with Crippen molar-refractivity contribution in [1.29, 1.82) is 0 Å². The molecule has 5 nitrogen and oxygen atoms in total. The van der Waals surface area contributed by atoms with E-state index in [-0.39, 0.29) is 5.91 Å². The third kappa shape index (κ3) is 2.49. The number of hydrogen-bond donors (Lipinski definition) is 1. The van der Waals surface area contributed by atoms with E-state index in [0.717, 1.165) is 41.8 Å². The van der Waals surface area contributed by atoms with Crippen molar-refractivity contribution in [2.45, 2.75) is 32.6 Å². The van der Waals surface area contributed by atoms with Crippen LogP contribution < -0.4 is 5.32 Å². The summed E-state index contributed by atoms with van der Waals surface area (Å²) in [6.07, 6.45) is 7.28. The Hall–Kier alpha value is -1.82. The van der Waals surface area contributed by atoms with Crippen LogP contribution in [0.5, 0.6) is 0 Å². The second-order valence-corrected chi connectivity index (χ2v) is 5.82. The summed E-state index contributed by atoms with van der Waals surface area (Å²) in [5.41, 5.74) is 2.51. The number of aryl methyl sites for hydroxylation is 2. The molecule has 0 saturated carbocycles. The van der Waals surface area contributed by atoms with E-state index in [2.05, 4.69) is 20.3 Å². The summed E-state index contributed by atoms with van der Waals surface area (Å²) in [4.78, 5) is 25.9. The normalized spacial score (nSPS) is 13.9. The van der Waals surface area contributed by atoms with Crippen LogP contribution in [0.2, 0.25) is 0 Å². The minimum Gasteiger partial charge on any atom is -0.296 e. The number of fused-ring (bicyclic) bond motifs is 1. The van der Waals surface area contributed by atoms with Gasteiger partial charge in [0.1, 0.15) is 12.0 Å². The molecule has 0 aromatic carbocycles. The lowest BCUT2D eigenvalue weighted by atomic mass is 9.94. The maximum atomic E-state index is 12.3.